The van der Waals surface area contributed by atoms with Crippen LogP contribution < -0.4 is 0 Å². The van der Waals surface area contributed by atoms with Crippen molar-refractivity contribution >= 4 is 5.91 Å². The summed E-state index contributed by atoms with van der Waals surface area (Å²) < 4.78 is 5.23. The standard InChI is InChI=1S/C16H23N3O3/c1-9-17-16(22-18-9)14-7-13(20)8-19(14)15(21)6-12-5-10-2-3-11(12)4-10/h10-14,20H,2-8H2,1H3/t10?,11?,12?,13-,14+/m0/s1. The Kier molecular flexibility index (Phi) is 3.44. The predicted octanol–water partition coefficient (Wildman–Crippen LogP) is 1.84. The Morgan fingerprint density at radius 3 is 2.86 bits per heavy atom. The third-order valence-electron chi connectivity index (χ3n) is 5.75. The molecule has 4 rings (SSSR count). The Balaban J connectivity index is 1.46. The molecular formula is C16H23N3O3. The highest BCUT2D eigenvalue weighted by Crippen LogP contribution is 2.50. The molecule has 1 aliphatic heterocycles. The first-order valence-electron chi connectivity index (χ1n) is 8.38. The molecule has 22 heavy (non-hydrogen) atoms. The summed E-state index contributed by atoms with van der Waals surface area (Å²) in [6, 6.07) is -0.262. The Labute approximate surface area is 129 Å². The van der Waals surface area contributed by atoms with Crippen LogP contribution in [0.2, 0.25) is 0 Å². The van der Waals surface area contributed by atoms with Crippen LogP contribution >= 0.6 is 0 Å². The molecule has 120 valence electrons. The molecule has 0 aromatic carbocycles. The normalized spacial score (nSPS) is 37.2. The summed E-state index contributed by atoms with van der Waals surface area (Å²) in [5.41, 5.74) is 0. The van der Waals surface area contributed by atoms with Gasteiger partial charge in [-0.25, -0.2) is 0 Å². The Morgan fingerprint density at radius 1 is 1.36 bits per heavy atom. The lowest BCUT2D eigenvalue weighted by Gasteiger charge is -2.26. The van der Waals surface area contributed by atoms with Crippen LogP contribution in [0.25, 0.3) is 0 Å². The number of fused-ring (bicyclic) bond motifs is 2. The molecule has 6 nitrogen and oxygen atoms in total. The highest BCUT2D eigenvalue weighted by atomic mass is 16.5. The number of carbonyl (C=O) groups is 1. The van der Waals surface area contributed by atoms with Gasteiger partial charge in [0.05, 0.1) is 6.10 Å². The van der Waals surface area contributed by atoms with Gasteiger partial charge in [-0.1, -0.05) is 11.6 Å². The predicted molar refractivity (Wildman–Crippen MR) is 77.7 cm³/mol. The maximum absolute atomic E-state index is 12.7. The molecule has 3 aliphatic rings. The molecule has 2 saturated carbocycles. The topological polar surface area (TPSA) is 79.5 Å². The van der Waals surface area contributed by atoms with Crippen LogP contribution in [0.3, 0.4) is 0 Å². The average molecular weight is 305 g/mol. The van der Waals surface area contributed by atoms with E-state index < -0.39 is 6.10 Å². The van der Waals surface area contributed by atoms with Crippen LogP contribution in [0, 0.1) is 24.7 Å². The molecule has 0 radical (unpaired) electrons. The van der Waals surface area contributed by atoms with E-state index in [4.69, 9.17) is 4.52 Å². The van der Waals surface area contributed by atoms with E-state index in [1.54, 1.807) is 11.8 Å². The monoisotopic (exact) mass is 305 g/mol. The Bertz CT molecular complexity index is 573. The van der Waals surface area contributed by atoms with Crippen molar-refractivity contribution in [1.29, 1.82) is 0 Å². The number of nitrogens with zero attached hydrogens (tertiary/aromatic N) is 3. The van der Waals surface area contributed by atoms with E-state index in [0.717, 1.165) is 11.8 Å². The minimum Gasteiger partial charge on any atom is -0.391 e. The van der Waals surface area contributed by atoms with Gasteiger partial charge in [0.2, 0.25) is 11.8 Å². The van der Waals surface area contributed by atoms with Crippen LogP contribution in [0.5, 0.6) is 0 Å². The van der Waals surface area contributed by atoms with Crippen LogP contribution in [0.4, 0.5) is 0 Å². The number of amides is 1. The lowest BCUT2D eigenvalue weighted by Crippen LogP contribution is -2.34. The first-order chi connectivity index (χ1) is 10.6. The third-order valence-corrected chi connectivity index (χ3v) is 5.75. The first-order valence-corrected chi connectivity index (χ1v) is 8.38. The van der Waals surface area contributed by atoms with Gasteiger partial charge in [0.25, 0.3) is 0 Å². The van der Waals surface area contributed by atoms with E-state index in [9.17, 15) is 9.90 Å². The van der Waals surface area contributed by atoms with Crippen LogP contribution in [0.15, 0.2) is 4.52 Å². The maximum Gasteiger partial charge on any atom is 0.249 e. The maximum atomic E-state index is 12.7. The van der Waals surface area contributed by atoms with Crippen molar-refractivity contribution in [2.45, 2.75) is 57.6 Å². The summed E-state index contributed by atoms with van der Waals surface area (Å²) in [4.78, 5) is 18.7. The van der Waals surface area contributed by atoms with Gasteiger partial charge >= 0.3 is 0 Å². The zero-order valence-corrected chi connectivity index (χ0v) is 12.9. The zero-order valence-electron chi connectivity index (χ0n) is 12.9. The van der Waals surface area contributed by atoms with Crippen molar-refractivity contribution in [3.05, 3.63) is 11.7 Å². The van der Waals surface area contributed by atoms with Crippen LogP contribution in [0.1, 0.15) is 56.3 Å². The fourth-order valence-corrected chi connectivity index (χ4v) is 4.74. The number of hydrogen-bond acceptors (Lipinski definition) is 5. The minimum atomic E-state index is -0.499. The molecule has 2 heterocycles. The molecule has 1 aromatic rings. The summed E-state index contributed by atoms with van der Waals surface area (Å²) in [5.74, 6) is 3.28. The summed E-state index contributed by atoms with van der Waals surface area (Å²) >= 11 is 0. The molecule has 1 amide bonds. The van der Waals surface area contributed by atoms with Gasteiger partial charge < -0.3 is 14.5 Å². The van der Waals surface area contributed by atoms with E-state index in [1.807, 2.05) is 0 Å². The highest BCUT2D eigenvalue weighted by molar-refractivity contribution is 5.77. The van der Waals surface area contributed by atoms with E-state index in [0.29, 0.717) is 37.0 Å². The second-order valence-electron chi connectivity index (χ2n) is 7.27. The van der Waals surface area contributed by atoms with Gasteiger partial charge in [-0.15, -0.1) is 0 Å². The molecule has 1 saturated heterocycles. The van der Waals surface area contributed by atoms with Crippen molar-refractivity contribution < 1.29 is 14.4 Å². The fraction of sp³-hybridized carbons (Fsp3) is 0.812. The highest BCUT2D eigenvalue weighted by Gasteiger charge is 2.43. The molecular weight excluding hydrogens is 282 g/mol. The quantitative estimate of drug-likeness (QED) is 0.921. The number of rotatable bonds is 3. The number of aliphatic hydroxyl groups is 1. The second-order valence-corrected chi connectivity index (χ2v) is 7.27. The van der Waals surface area contributed by atoms with Gasteiger partial charge in [-0.05, 0) is 43.9 Å². The summed E-state index contributed by atoms with van der Waals surface area (Å²) in [7, 11) is 0. The van der Waals surface area contributed by atoms with E-state index >= 15 is 0 Å². The largest absolute Gasteiger partial charge is 0.391 e. The lowest BCUT2D eigenvalue weighted by atomic mass is 9.86. The number of aromatic nitrogens is 2. The van der Waals surface area contributed by atoms with Gasteiger partial charge in [0.15, 0.2) is 5.82 Å². The lowest BCUT2D eigenvalue weighted by molar-refractivity contribution is -0.134. The van der Waals surface area contributed by atoms with E-state index in [1.165, 1.54) is 25.7 Å². The number of hydrogen-bond donors (Lipinski definition) is 1. The van der Waals surface area contributed by atoms with Crippen LogP contribution in [-0.2, 0) is 4.79 Å². The number of likely N-dealkylation sites (tertiary alicyclic amines) is 1. The first kappa shape index (κ1) is 14.2. The zero-order chi connectivity index (χ0) is 15.3. The number of aliphatic hydroxyl groups excluding tert-OH is 1. The molecule has 1 aromatic heterocycles. The molecule has 5 atom stereocenters. The SMILES string of the molecule is Cc1noc([C@H]2C[C@H](O)CN2C(=O)CC2CC3CCC2C3)n1. The number of aryl methyl sites for hydroxylation is 1. The Morgan fingerprint density at radius 2 is 2.23 bits per heavy atom. The summed E-state index contributed by atoms with van der Waals surface area (Å²) in [6.07, 6.45) is 5.76. The fourth-order valence-electron chi connectivity index (χ4n) is 4.74. The third kappa shape index (κ3) is 2.43. The molecule has 6 heteroatoms. The van der Waals surface area contributed by atoms with Crippen molar-refractivity contribution in [2.24, 2.45) is 17.8 Å². The second kappa shape index (κ2) is 5.33. The van der Waals surface area contributed by atoms with Gasteiger partial charge in [0, 0.05) is 19.4 Å². The molecule has 3 fully saturated rings. The van der Waals surface area contributed by atoms with Crippen LogP contribution in [-0.4, -0.2) is 38.7 Å². The van der Waals surface area contributed by atoms with E-state index in [-0.39, 0.29) is 11.9 Å². The Hall–Kier alpha value is -1.43. The van der Waals surface area contributed by atoms with Gasteiger partial charge in [-0.3, -0.25) is 4.79 Å². The molecule has 3 unspecified atom stereocenters. The average Bonchev–Trinajstić information content (AvgIpc) is 3.21. The number of β-amino-alcohol motifs (C(OH)–C–C–N with tert-alkyl or cyclic N) is 1. The summed E-state index contributed by atoms with van der Waals surface area (Å²) in [6.45, 7) is 2.14. The number of carbonyl (C=O) groups excluding carboxylic acids is 1. The van der Waals surface area contributed by atoms with Crippen molar-refractivity contribution in [3.8, 4) is 0 Å². The van der Waals surface area contributed by atoms with Crippen molar-refractivity contribution in [3.63, 3.8) is 0 Å². The molecule has 1 N–H and O–H groups in total. The van der Waals surface area contributed by atoms with Crippen molar-refractivity contribution in [2.75, 3.05) is 6.54 Å². The minimum absolute atomic E-state index is 0.134. The molecule has 2 aliphatic carbocycles. The van der Waals surface area contributed by atoms with E-state index in [2.05, 4.69) is 10.1 Å². The molecule has 0 spiro atoms. The summed E-state index contributed by atoms with van der Waals surface area (Å²) in [5, 5.41) is 13.8. The van der Waals surface area contributed by atoms with Gasteiger partial charge in [-0.2, -0.15) is 4.98 Å². The van der Waals surface area contributed by atoms with Gasteiger partial charge in [0.1, 0.15) is 6.04 Å². The van der Waals surface area contributed by atoms with Crippen molar-refractivity contribution in [1.82, 2.24) is 15.0 Å². The molecule has 2 bridgehead atoms. The smallest absolute Gasteiger partial charge is 0.249 e.